The fourth-order valence-electron chi connectivity index (χ4n) is 3.79. The summed E-state index contributed by atoms with van der Waals surface area (Å²) in [6, 6.07) is 10.9. The van der Waals surface area contributed by atoms with Crippen molar-refractivity contribution in [2.75, 3.05) is 41.8 Å². The summed E-state index contributed by atoms with van der Waals surface area (Å²) in [6.45, 7) is 3.45. The monoisotopic (exact) mass is 502 g/mol. The summed E-state index contributed by atoms with van der Waals surface area (Å²) in [6.07, 6.45) is -3.12. The number of urea groups is 1. The SMILES string of the molecule is Cc1ccc(NC(=O)Nc2ccc(Oc3cc(N4CCNCC4CO)ncn3)cc2)cc1C(F)(F)F. The van der Waals surface area contributed by atoms with Crippen LogP contribution in [0.15, 0.2) is 54.9 Å². The predicted octanol–water partition coefficient (Wildman–Crippen LogP) is 4.01. The van der Waals surface area contributed by atoms with Gasteiger partial charge in [0.2, 0.25) is 5.88 Å². The largest absolute Gasteiger partial charge is 0.439 e. The first-order chi connectivity index (χ1) is 17.2. The zero-order valence-electron chi connectivity index (χ0n) is 19.3. The maximum atomic E-state index is 13.1. The lowest BCUT2D eigenvalue weighted by Gasteiger charge is -2.35. The predicted molar refractivity (Wildman–Crippen MR) is 128 cm³/mol. The molecule has 0 aliphatic carbocycles. The third-order valence-corrected chi connectivity index (χ3v) is 5.62. The molecule has 4 N–H and O–H groups in total. The summed E-state index contributed by atoms with van der Waals surface area (Å²) >= 11 is 0. The fraction of sp³-hybridized carbons (Fsp3) is 0.292. The van der Waals surface area contributed by atoms with E-state index in [1.165, 1.54) is 25.4 Å². The molecular formula is C24H25F3N6O3. The van der Waals surface area contributed by atoms with Gasteiger partial charge in [-0.1, -0.05) is 6.07 Å². The molecule has 36 heavy (non-hydrogen) atoms. The summed E-state index contributed by atoms with van der Waals surface area (Å²) in [5.74, 6) is 1.41. The van der Waals surface area contributed by atoms with Crippen molar-refractivity contribution >= 4 is 23.2 Å². The van der Waals surface area contributed by atoms with Crippen molar-refractivity contribution < 1.29 is 27.8 Å². The number of rotatable bonds is 6. The van der Waals surface area contributed by atoms with E-state index in [1.54, 1.807) is 30.3 Å². The molecule has 2 heterocycles. The van der Waals surface area contributed by atoms with E-state index in [2.05, 4.69) is 25.9 Å². The van der Waals surface area contributed by atoms with E-state index in [-0.39, 0.29) is 23.9 Å². The number of hydrogen-bond donors (Lipinski definition) is 4. The Hall–Kier alpha value is -3.90. The molecule has 0 bridgehead atoms. The second-order valence-electron chi connectivity index (χ2n) is 8.18. The van der Waals surface area contributed by atoms with Gasteiger partial charge < -0.3 is 30.7 Å². The van der Waals surface area contributed by atoms with Crippen LogP contribution in [0.5, 0.6) is 11.6 Å². The molecule has 0 radical (unpaired) electrons. The highest BCUT2D eigenvalue weighted by Crippen LogP contribution is 2.33. The van der Waals surface area contributed by atoms with E-state index in [0.717, 1.165) is 12.6 Å². The first-order valence-corrected chi connectivity index (χ1v) is 11.2. The molecule has 1 atom stereocenters. The van der Waals surface area contributed by atoms with E-state index in [4.69, 9.17) is 4.74 Å². The van der Waals surface area contributed by atoms with Gasteiger partial charge in [-0.15, -0.1) is 0 Å². The summed E-state index contributed by atoms with van der Waals surface area (Å²) in [4.78, 5) is 22.7. The number of piperazine rings is 1. The van der Waals surface area contributed by atoms with Crippen LogP contribution >= 0.6 is 0 Å². The lowest BCUT2D eigenvalue weighted by Crippen LogP contribution is -2.53. The van der Waals surface area contributed by atoms with Gasteiger partial charge in [0, 0.05) is 37.1 Å². The Bertz CT molecular complexity index is 1210. The minimum absolute atomic E-state index is 0.0113. The van der Waals surface area contributed by atoms with Gasteiger partial charge >= 0.3 is 12.2 Å². The number of ether oxygens (including phenoxy) is 1. The average molecular weight is 502 g/mol. The Morgan fingerprint density at radius 1 is 1.14 bits per heavy atom. The topological polar surface area (TPSA) is 112 Å². The zero-order valence-corrected chi connectivity index (χ0v) is 19.3. The van der Waals surface area contributed by atoms with Gasteiger partial charge in [0.05, 0.1) is 18.2 Å². The molecule has 1 saturated heterocycles. The molecule has 2 aromatic carbocycles. The molecule has 1 fully saturated rings. The maximum absolute atomic E-state index is 13.1. The van der Waals surface area contributed by atoms with Crippen molar-refractivity contribution in [1.29, 1.82) is 0 Å². The molecule has 4 rings (SSSR count). The number of aryl methyl sites for hydroxylation is 1. The number of nitrogens with one attached hydrogen (secondary N) is 3. The number of aliphatic hydroxyl groups is 1. The lowest BCUT2D eigenvalue weighted by atomic mass is 10.1. The normalized spacial score (nSPS) is 15.9. The second kappa shape index (κ2) is 10.8. The number of benzene rings is 2. The van der Waals surface area contributed by atoms with Gasteiger partial charge in [-0.3, -0.25) is 0 Å². The van der Waals surface area contributed by atoms with Crippen molar-refractivity contribution in [3.8, 4) is 11.6 Å². The van der Waals surface area contributed by atoms with Crippen LogP contribution in [-0.4, -0.2) is 53.4 Å². The number of alkyl halides is 3. The van der Waals surface area contributed by atoms with Crippen LogP contribution < -0.4 is 25.6 Å². The Morgan fingerprint density at radius 2 is 1.86 bits per heavy atom. The standard InChI is InChI=1S/C24H25F3N6O3/c1-15-2-3-17(10-20(15)24(25,26)27)32-23(35)31-16-4-6-19(7-5-16)36-22-11-21(29-14-30-22)33-9-8-28-12-18(33)13-34/h2-7,10-11,14,18,28,34H,8-9,12-13H2,1H3,(H2,31,32,35). The van der Waals surface area contributed by atoms with Crippen LogP contribution in [0.2, 0.25) is 0 Å². The first-order valence-electron chi connectivity index (χ1n) is 11.2. The third-order valence-electron chi connectivity index (χ3n) is 5.62. The van der Waals surface area contributed by atoms with Crippen LogP contribution in [0.4, 0.5) is 35.2 Å². The van der Waals surface area contributed by atoms with Gasteiger partial charge in [0.25, 0.3) is 0 Å². The molecule has 2 amide bonds. The minimum Gasteiger partial charge on any atom is -0.439 e. The Morgan fingerprint density at radius 3 is 2.58 bits per heavy atom. The maximum Gasteiger partial charge on any atom is 0.416 e. The quantitative estimate of drug-likeness (QED) is 0.403. The minimum atomic E-state index is -4.51. The summed E-state index contributed by atoms with van der Waals surface area (Å²) in [5.41, 5.74) is -0.296. The summed E-state index contributed by atoms with van der Waals surface area (Å²) in [5, 5.41) is 17.8. The Labute approximate surface area is 205 Å². The Balaban J connectivity index is 1.37. The number of hydrogen-bond acceptors (Lipinski definition) is 7. The number of amides is 2. The molecule has 3 aromatic rings. The number of anilines is 3. The molecule has 1 aromatic heterocycles. The second-order valence-corrected chi connectivity index (χ2v) is 8.18. The molecule has 1 aliphatic rings. The molecule has 0 spiro atoms. The summed E-state index contributed by atoms with van der Waals surface area (Å²) in [7, 11) is 0. The highest BCUT2D eigenvalue weighted by atomic mass is 19.4. The smallest absolute Gasteiger partial charge is 0.416 e. The lowest BCUT2D eigenvalue weighted by molar-refractivity contribution is -0.138. The van der Waals surface area contributed by atoms with Gasteiger partial charge in [0.1, 0.15) is 17.9 Å². The van der Waals surface area contributed by atoms with E-state index in [1.807, 2.05) is 4.90 Å². The van der Waals surface area contributed by atoms with Crippen LogP contribution in [0.1, 0.15) is 11.1 Å². The molecule has 1 aliphatic heterocycles. The van der Waals surface area contributed by atoms with E-state index < -0.39 is 17.8 Å². The number of carbonyl (C=O) groups excluding carboxylic acids is 1. The van der Waals surface area contributed by atoms with Crippen molar-refractivity contribution in [3.63, 3.8) is 0 Å². The first kappa shape index (κ1) is 25.2. The van der Waals surface area contributed by atoms with Gasteiger partial charge in [0.15, 0.2) is 0 Å². The number of halogens is 3. The molecule has 190 valence electrons. The highest BCUT2D eigenvalue weighted by Gasteiger charge is 2.32. The van der Waals surface area contributed by atoms with E-state index in [0.29, 0.717) is 36.2 Å². The van der Waals surface area contributed by atoms with Gasteiger partial charge in [-0.25, -0.2) is 14.8 Å². The Kier molecular flexibility index (Phi) is 7.55. The molecule has 12 heteroatoms. The van der Waals surface area contributed by atoms with E-state index in [9.17, 15) is 23.1 Å². The van der Waals surface area contributed by atoms with Gasteiger partial charge in [-0.2, -0.15) is 13.2 Å². The highest BCUT2D eigenvalue weighted by molar-refractivity contribution is 5.99. The van der Waals surface area contributed by atoms with Crippen molar-refractivity contribution in [1.82, 2.24) is 15.3 Å². The number of aliphatic hydroxyl groups excluding tert-OH is 1. The van der Waals surface area contributed by atoms with Crippen LogP contribution in [0.3, 0.4) is 0 Å². The van der Waals surface area contributed by atoms with Crippen molar-refractivity contribution in [3.05, 3.63) is 66.0 Å². The van der Waals surface area contributed by atoms with Gasteiger partial charge in [-0.05, 0) is 48.9 Å². The molecule has 0 saturated carbocycles. The average Bonchev–Trinajstić information content (AvgIpc) is 2.86. The molecule has 1 unspecified atom stereocenters. The number of carbonyl (C=O) groups is 1. The number of nitrogens with zero attached hydrogens (tertiary/aromatic N) is 3. The van der Waals surface area contributed by atoms with Crippen LogP contribution in [0, 0.1) is 6.92 Å². The van der Waals surface area contributed by atoms with Crippen LogP contribution in [-0.2, 0) is 6.18 Å². The summed E-state index contributed by atoms with van der Waals surface area (Å²) < 4.78 is 45.1. The van der Waals surface area contributed by atoms with Crippen molar-refractivity contribution in [2.24, 2.45) is 0 Å². The van der Waals surface area contributed by atoms with Crippen LogP contribution in [0.25, 0.3) is 0 Å². The van der Waals surface area contributed by atoms with Crippen molar-refractivity contribution in [2.45, 2.75) is 19.1 Å². The van der Waals surface area contributed by atoms with E-state index >= 15 is 0 Å². The molecule has 9 nitrogen and oxygen atoms in total. The fourth-order valence-corrected chi connectivity index (χ4v) is 3.79. The molecular weight excluding hydrogens is 477 g/mol. The number of aromatic nitrogens is 2. The third kappa shape index (κ3) is 6.20. The zero-order chi connectivity index (χ0) is 25.7.